The largest absolute Gasteiger partial charge is 0.449 e. The van der Waals surface area contributed by atoms with E-state index in [-0.39, 0.29) is 45.0 Å². The molecule has 2 aliphatic carbocycles. The second-order valence-electron chi connectivity index (χ2n) is 6.88. The molecule has 0 unspecified atom stereocenters. The lowest BCUT2D eigenvalue weighted by atomic mass is 9.83. The predicted octanol–water partition coefficient (Wildman–Crippen LogP) is 2.94. The van der Waals surface area contributed by atoms with Gasteiger partial charge in [0.1, 0.15) is 0 Å². The fourth-order valence-corrected chi connectivity index (χ4v) is 3.46. The molecule has 0 bridgehead atoms. The maximum atomic E-state index is 12.9. The zero-order valence-corrected chi connectivity index (χ0v) is 15.7. The van der Waals surface area contributed by atoms with Gasteiger partial charge in [-0.05, 0) is 31.9 Å². The number of nitrogens with one attached hydrogen (secondary N) is 1. The number of fused-ring (bicyclic) bond motifs is 2. The van der Waals surface area contributed by atoms with Crippen LogP contribution in [0.3, 0.4) is 0 Å². The lowest BCUT2D eigenvalue weighted by Gasteiger charge is -2.20. The second kappa shape index (κ2) is 6.87. The van der Waals surface area contributed by atoms with Gasteiger partial charge in [-0.1, -0.05) is 35.9 Å². The van der Waals surface area contributed by atoms with Crippen molar-refractivity contribution < 1.29 is 23.9 Å². The number of amides is 1. The van der Waals surface area contributed by atoms with Gasteiger partial charge < -0.3 is 10.1 Å². The number of ether oxygens (including phenoxy) is 1. The molecule has 1 amide bonds. The van der Waals surface area contributed by atoms with E-state index in [1.807, 2.05) is 0 Å². The summed E-state index contributed by atoms with van der Waals surface area (Å²) in [6.45, 7) is 1.47. The number of esters is 1. The molecule has 2 aromatic carbocycles. The van der Waals surface area contributed by atoms with Crippen LogP contribution in [0.4, 0.5) is 0 Å². The third-order valence-corrected chi connectivity index (χ3v) is 5.22. The summed E-state index contributed by atoms with van der Waals surface area (Å²) < 4.78 is 5.20. The number of benzene rings is 2. The number of carbonyl (C=O) groups excluding carboxylic acids is 4. The van der Waals surface area contributed by atoms with Gasteiger partial charge in [0.05, 0.1) is 16.1 Å². The summed E-state index contributed by atoms with van der Waals surface area (Å²) in [5, 5.41) is 2.60. The Bertz CT molecular complexity index is 1040. The van der Waals surface area contributed by atoms with E-state index in [2.05, 4.69) is 5.32 Å². The summed E-state index contributed by atoms with van der Waals surface area (Å²) in [5.74, 6) is -1.97. The van der Waals surface area contributed by atoms with Crippen molar-refractivity contribution in [3.05, 3.63) is 69.2 Å². The number of carbonyl (C=O) groups is 4. The van der Waals surface area contributed by atoms with Crippen LogP contribution in [-0.2, 0) is 9.53 Å². The van der Waals surface area contributed by atoms with Crippen LogP contribution in [0.2, 0.25) is 5.02 Å². The fourth-order valence-electron chi connectivity index (χ4n) is 3.13. The standard InChI is InChI=1S/C21H16ClNO5/c1-10(20(26)23-11-6-7-11)28-21(27)15-9-8-14-16(17(15)22)19(25)13-5-3-2-4-12(13)18(14)24/h2-5,8-11H,6-7H2,1H3,(H,23,26)/t10-/m1/s1. The smallest absolute Gasteiger partial charge is 0.340 e. The highest BCUT2D eigenvalue weighted by atomic mass is 35.5. The molecule has 0 heterocycles. The van der Waals surface area contributed by atoms with Crippen molar-refractivity contribution in [1.29, 1.82) is 0 Å². The molecule has 1 saturated carbocycles. The molecule has 2 aromatic rings. The first kappa shape index (κ1) is 18.4. The lowest BCUT2D eigenvalue weighted by molar-refractivity contribution is -0.129. The Hall–Kier alpha value is -2.99. The van der Waals surface area contributed by atoms with Crippen molar-refractivity contribution in [2.45, 2.75) is 31.9 Å². The van der Waals surface area contributed by atoms with Gasteiger partial charge in [-0.25, -0.2) is 4.79 Å². The number of halogens is 1. The zero-order valence-electron chi connectivity index (χ0n) is 15.0. The maximum absolute atomic E-state index is 12.9. The Morgan fingerprint density at radius 1 is 1.04 bits per heavy atom. The van der Waals surface area contributed by atoms with Crippen molar-refractivity contribution in [3.63, 3.8) is 0 Å². The number of ketones is 2. The minimum absolute atomic E-state index is 0.0186. The third kappa shape index (κ3) is 3.10. The van der Waals surface area contributed by atoms with Crippen LogP contribution >= 0.6 is 11.6 Å². The zero-order chi connectivity index (χ0) is 20.0. The highest BCUT2D eigenvalue weighted by molar-refractivity contribution is 6.41. The van der Waals surface area contributed by atoms with E-state index in [0.29, 0.717) is 5.56 Å². The van der Waals surface area contributed by atoms with E-state index < -0.39 is 17.9 Å². The van der Waals surface area contributed by atoms with Gasteiger partial charge in [0, 0.05) is 22.7 Å². The number of rotatable bonds is 4. The van der Waals surface area contributed by atoms with Crippen LogP contribution < -0.4 is 5.32 Å². The van der Waals surface area contributed by atoms with Crippen LogP contribution in [0.15, 0.2) is 36.4 Å². The molecule has 0 saturated heterocycles. The second-order valence-corrected chi connectivity index (χ2v) is 7.26. The van der Waals surface area contributed by atoms with Gasteiger partial charge in [0.15, 0.2) is 17.7 Å². The molecular weight excluding hydrogens is 382 g/mol. The topological polar surface area (TPSA) is 89.5 Å². The number of hydrogen-bond acceptors (Lipinski definition) is 5. The Morgan fingerprint density at radius 3 is 2.32 bits per heavy atom. The van der Waals surface area contributed by atoms with Crippen molar-refractivity contribution >= 4 is 35.0 Å². The molecule has 1 fully saturated rings. The molecule has 142 valence electrons. The first-order valence-corrected chi connectivity index (χ1v) is 9.28. The van der Waals surface area contributed by atoms with Crippen LogP contribution in [-0.4, -0.2) is 35.6 Å². The van der Waals surface area contributed by atoms with E-state index in [4.69, 9.17) is 16.3 Å². The molecule has 0 aromatic heterocycles. The minimum atomic E-state index is -1.00. The molecule has 1 N–H and O–H groups in total. The van der Waals surface area contributed by atoms with Gasteiger partial charge in [-0.3, -0.25) is 14.4 Å². The molecule has 4 rings (SSSR count). The van der Waals surface area contributed by atoms with Crippen LogP contribution in [0.1, 0.15) is 62.0 Å². The highest BCUT2D eigenvalue weighted by Gasteiger charge is 2.34. The van der Waals surface area contributed by atoms with E-state index in [1.54, 1.807) is 24.3 Å². The third-order valence-electron chi connectivity index (χ3n) is 4.83. The first-order chi connectivity index (χ1) is 13.4. The van der Waals surface area contributed by atoms with Gasteiger partial charge in [0.25, 0.3) is 5.91 Å². The van der Waals surface area contributed by atoms with Gasteiger partial charge in [-0.2, -0.15) is 0 Å². The highest BCUT2D eigenvalue weighted by Crippen LogP contribution is 2.34. The Labute approximate surface area is 165 Å². The Morgan fingerprint density at radius 2 is 1.68 bits per heavy atom. The summed E-state index contributed by atoms with van der Waals surface area (Å²) in [6, 6.07) is 9.33. The van der Waals surface area contributed by atoms with Crippen LogP contribution in [0, 0.1) is 0 Å². The molecule has 2 aliphatic rings. The Kier molecular flexibility index (Phi) is 4.51. The van der Waals surface area contributed by atoms with E-state index >= 15 is 0 Å². The SMILES string of the molecule is C[C@@H](OC(=O)c1ccc2c(c1Cl)C(=O)c1ccccc1C2=O)C(=O)NC1CC1. The monoisotopic (exact) mass is 397 g/mol. The first-order valence-electron chi connectivity index (χ1n) is 8.90. The predicted molar refractivity (Wildman–Crippen MR) is 101 cm³/mol. The molecule has 0 aliphatic heterocycles. The van der Waals surface area contributed by atoms with Crippen molar-refractivity contribution in [3.8, 4) is 0 Å². The van der Waals surface area contributed by atoms with Gasteiger partial charge >= 0.3 is 5.97 Å². The fraction of sp³-hybridized carbons (Fsp3) is 0.238. The lowest BCUT2D eigenvalue weighted by Crippen LogP contribution is -2.37. The molecule has 28 heavy (non-hydrogen) atoms. The van der Waals surface area contributed by atoms with Crippen molar-refractivity contribution in [2.24, 2.45) is 0 Å². The van der Waals surface area contributed by atoms with Crippen molar-refractivity contribution in [1.82, 2.24) is 5.32 Å². The van der Waals surface area contributed by atoms with Crippen LogP contribution in [0.25, 0.3) is 0 Å². The minimum Gasteiger partial charge on any atom is -0.449 e. The quantitative estimate of drug-likeness (QED) is 0.683. The van der Waals surface area contributed by atoms with E-state index in [9.17, 15) is 19.2 Å². The molecule has 7 heteroatoms. The molecule has 0 spiro atoms. The summed E-state index contributed by atoms with van der Waals surface area (Å²) in [4.78, 5) is 50.0. The average molecular weight is 398 g/mol. The average Bonchev–Trinajstić information content (AvgIpc) is 3.49. The molecule has 1 atom stereocenters. The maximum Gasteiger partial charge on any atom is 0.340 e. The molecule has 0 radical (unpaired) electrons. The molecule has 6 nitrogen and oxygen atoms in total. The summed E-state index contributed by atoms with van der Waals surface area (Å²) in [7, 11) is 0. The summed E-state index contributed by atoms with van der Waals surface area (Å²) in [6.07, 6.45) is 0.833. The number of hydrogen-bond donors (Lipinski definition) is 1. The van der Waals surface area contributed by atoms with E-state index in [1.165, 1.54) is 19.1 Å². The van der Waals surface area contributed by atoms with Gasteiger partial charge in [0.2, 0.25) is 0 Å². The normalized spacial score (nSPS) is 16.1. The molecular formula is C21H16ClNO5. The summed E-state index contributed by atoms with van der Waals surface area (Å²) in [5.41, 5.74) is 0.605. The van der Waals surface area contributed by atoms with Gasteiger partial charge in [-0.15, -0.1) is 0 Å². The van der Waals surface area contributed by atoms with E-state index in [0.717, 1.165) is 12.8 Å². The van der Waals surface area contributed by atoms with Crippen LogP contribution in [0.5, 0.6) is 0 Å². The summed E-state index contributed by atoms with van der Waals surface area (Å²) >= 11 is 6.33. The van der Waals surface area contributed by atoms with Crippen molar-refractivity contribution in [2.75, 3.05) is 0 Å². The Balaban J connectivity index is 1.63.